The SMILES string of the molecule is COc1c(C(C)Nc2ncnc3nc[nH]c23)cc(Cl)c(C)c1-c1ccc(C(=O)NC2CC2)cc1. The van der Waals surface area contributed by atoms with E-state index in [0.717, 1.165) is 40.6 Å². The number of nitrogens with zero attached hydrogens (tertiary/aromatic N) is 3. The summed E-state index contributed by atoms with van der Waals surface area (Å²) in [4.78, 5) is 28.2. The number of methoxy groups -OCH3 is 1. The summed E-state index contributed by atoms with van der Waals surface area (Å²) in [5.74, 6) is 1.31. The molecule has 8 nitrogen and oxygen atoms in total. The Hall–Kier alpha value is -3.65. The molecule has 3 N–H and O–H groups in total. The molecule has 1 unspecified atom stereocenters. The Balaban J connectivity index is 1.50. The Morgan fingerprint density at radius 2 is 1.97 bits per heavy atom. The first-order chi connectivity index (χ1) is 16.5. The van der Waals surface area contributed by atoms with E-state index < -0.39 is 0 Å². The molecule has 0 bridgehead atoms. The largest absolute Gasteiger partial charge is 0.496 e. The molecule has 0 radical (unpaired) electrons. The van der Waals surface area contributed by atoms with Crippen molar-refractivity contribution in [2.75, 3.05) is 12.4 Å². The Labute approximate surface area is 202 Å². The normalized spacial score (nSPS) is 14.1. The van der Waals surface area contributed by atoms with Gasteiger partial charge in [-0.15, -0.1) is 0 Å². The fourth-order valence-electron chi connectivity index (χ4n) is 4.08. The van der Waals surface area contributed by atoms with E-state index in [1.165, 1.54) is 6.33 Å². The molecule has 1 atom stereocenters. The highest BCUT2D eigenvalue weighted by atomic mass is 35.5. The second-order valence-electron chi connectivity index (χ2n) is 8.50. The number of anilines is 1. The first kappa shape index (κ1) is 22.2. The zero-order valence-corrected chi connectivity index (χ0v) is 19.9. The molecule has 1 aliphatic carbocycles. The number of rotatable bonds is 7. The van der Waals surface area contributed by atoms with Gasteiger partial charge in [-0.25, -0.2) is 15.0 Å². The molecule has 1 aliphatic rings. The molecule has 0 saturated heterocycles. The number of carbonyl (C=O) groups is 1. The van der Waals surface area contributed by atoms with Crippen molar-refractivity contribution >= 4 is 34.5 Å². The average Bonchev–Trinajstić information content (AvgIpc) is 3.52. The Morgan fingerprint density at radius 3 is 2.68 bits per heavy atom. The highest BCUT2D eigenvalue weighted by Crippen LogP contribution is 2.43. The van der Waals surface area contributed by atoms with E-state index in [-0.39, 0.29) is 11.9 Å². The van der Waals surface area contributed by atoms with Crippen LogP contribution in [0.1, 0.15) is 47.3 Å². The minimum absolute atomic E-state index is 0.0442. The first-order valence-corrected chi connectivity index (χ1v) is 11.5. The maximum atomic E-state index is 12.4. The highest BCUT2D eigenvalue weighted by molar-refractivity contribution is 6.32. The summed E-state index contributed by atoms with van der Waals surface area (Å²) in [5, 5.41) is 7.07. The van der Waals surface area contributed by atoms with Gasteiger partial charge >= 0.3 is 0 Å². The third-order valence-electron chi connectivity index (χ3n) is 6.10. The van der Waals surface area contributed by atoms with Crippen LogP contribution in [0.3, 0.4) is 0 Å². The predicted molar refractivity (Wildman–Crippen MR) is 132 cm³/mol. The third kappa shape index (κ3) is 4.17. The molecule has 1 fully saturated rings. The topological polar surface area (TPSA) is 105 Å². The van der Waals surface area contributed by atoms with Crippen LogP contribution in [0.2, 0.25) is 5.02 Å². The van der Waals surface area contributed by atoms with Crippen molar-refractivity contribution in [3.63, 3.8) is 0 Å². The number of hydrogen-bond donors (Lipinski definition) is 3. The van der Waals surface area contributed by atoms with Crippen LogP contribution in [0, 0.1) is 6.92 Å². The Kier molecular flexibility index (Phi) is 5.83. The molecule has 5 rings (SSSR count). The average molecular weight is 477 g/mol. The van der Waals surface area contributed by atoms with Gasteiger partial charge in [0.05, 0.1) is 19.5 Å². The van der Waals surface area contributed by atoms with Crippen LogP contribution in [0.15, 0.2) is 43.0 Å². The maximum absolute atomic E-state index is 12.4. The minimum Gasteiger partial charge on any atom is -0.496 e. The number of nitrogens with one attached hydrogen (secondary N) is 3. The van der Waals surface area contributed by atoms with Gasteiger partial charge in [-0.2, -0.15) is 0 Å². The first-order valence-electron chi connectivity index (χ1n) is 11.1. The zero-order valence-electron chi connectivity index (χ0n) is 19.1. The van der Waals surface area contributed by atoms with Crippen molar-refractivity contribution in [3.8, 4) is 16.9 Å². The number of hydrogen-bond acceptors (Lipinski definition) is 6. The second kappa shape index (κ2) is 8.95. The molecular weight excluding hydrogens is 452 g/mol. The number of halogens is 1. The van der Waals surface area contributed by atoms with Gasteiger partial charge in [-0.3, -0.25) is 4.79 Å². The number of aromatic amines is 1. The van der Waals surface area contributed by atoms with Crippen molar-refractivity contribution < 1.29 is 9.53 Å². The van der Waals surface area contributed by atoms with Crippen molar-refractivity contribution in [3.05, 3.63) is 64.7 Å². The van der Waals surface area contributed by atoms with E-state index in [4.69, 9.17) is 16.3 Å². The molecule has 2 aromatic carbocycles. The van der Waals surface area contributed by atoms with E-state index in [2.05, 4.69) is 30.6 Å². The number of benzene rings is 2. The summed E-state index contributed by atoms with van der Waals surface area (Å²) in [6, 6.07) is 9.59. The van der Waals surface area contributed by atoms with Gasteiger partial charge in [0.25, 0.3) is 5.91 Å². The number of ether oxygens (including phenoxy) is 1. The molecule has 1 amide bonds. The molecule has 0 spiro atoms. The van der Waals surface area contributed by atoms with Gasteiger partial charge < -0.3 is 20.4 Å². The standard InChI is InChI=1S/C25H25ClN6O2/c1-13-19(26)10-18(14(2)31-24-21-23(28-11-27-21)29-12-30-24)22(34-3)20(13)15-4-6-16(7-5-15)25(33)32-17-8-9-17/h4-7,10-12,14,17H,8-9H2,1-3H3,(H,32,33)(H2,27,28,29,30,31). The summed E-state index contributed by atoms with van der Waals surface area (Å²) in [7, 11) is 1.65. The summed E-state index contributed by atoms with van der Waals surface area (Å²) in [5.41, 5.74) is 5.56. The van der Waals surface area contributed by atoms with Crippen molar-refractivity contribution in [1.82, 2.24) is 25.3 Å². The molecule has 174 valence electrons. The van der Waals surface area contributed by atoms with Gasteiger partial charge in [-0.1, -0.05) is 23.7 Å². The van der Waals surface area contributed by atoms with E-state index >= 15 is 0 Å². The predicted octanol–water partition coefficient (Wildman–Crippen LogP) is 5.06. The monoisotopic (exact) mass is 476 g/mol. The van der Waals surface area contributed by atoms with Crippen molar-refractivity contribution in [2.24, 2.45) is 0 Å². The summed E-state index contributed by atoms with van der Waals surface area (Å²) in [6.07, 6.45) is 5.17. The number of carbonyl (C=O) groups excluding carboxylic acids is 1. The van der Waals surface area contributed by atoms with Crippen LogP contribution in [0.4, 0.5) is 5.82 Å². The zero-order chi connectivity index (χ0) is 23.8. The smallest absolute Gasteiger partial charge is 0.251 e. The molecule has 2 aromatic heterocycles. The van der Waals surface area contributed by atoms with Crippen LogP contribution < -0.4 is 15.4 Å². The lowest BCUT2D eigenvalue weighted by Crippen LogP contribution is -2.25. The minimum atomic E-state index is -0.184. The number of amides is 1. The quantitative estimate of drug-likeness (QED) is 0.344. The van der Waals surface area contributed by atoms with Crippen LogP contribution in [0.25, 0.3) is 22.3 Å². The van der Waals surface area contributed by atoms with Crippen LogP contribution in [-0.4, -0.2) is 39.0 Å². The molecular formula is C25H25ClN6O2. The number of aromatic nitrogens is 4. The third-order valence-corrected chi connectivity index (χ3v) is 6.49. The molecule has 4 aromatic rings. The molecule has 34 heavy (non-hydrogen) atoms. The molecule has 9 heteroatoms. The summed E-state index contributed by atoms with van der Waals surface area (Å²) in [6.45, 7) is 3.98. The van der Waals surface area contributed by atoms with Crippen molar-refractivity contribution in [2.45, 2.75) is 38.8 Å². The second-order valence-corrected chi connectivity index (χ2v) is 8.90. The van der Waals surface area contributed by atoms with E-state index in [1.807, 2.05) is 44.2 Å². The van der Waals surface area contributed by atoms with Crippen LogP contribution >= 0.6 is 11.6 Å². The lowest BCUT2D eigenvalue weighted by atomic mass is 9.93. The molecule has 0 aliphatic heterocycles. The Morgan fingerprint density at radius 1 is 1.21 bits per heavy atom. The number of H-pyrrole nitrogens is 1. The van der Waals surface area contributed by atoms with E-state index in [9.17, 15) is 4.79 Å². The lowest BCUT2D eigenvalue weighted by Gasteiger charge is -2.23. The van der Waals surface area contributed by atoms with Crippen LogP contribution in [-0.2, 0) is 0 Å². The highest BCUT2D eigenvalue weighted by Gasteiger charge is 2.25. The Bertz CT molecular complexity index is 1360. The van der Waals surface area contributed by atoms with Gasteiger partial charge in [0.1, 0.15) is 17.6 Å². The van der Waals surface area contributed by atoms with Gasteiger partial charge in [0.2, 0.25) is 0 Å². The van der Waals surface area contributed by atoms with Gasteiger partial charge in [-0.05, 0) is 56.0 Å². The molecule has 1 saturated carbocycles. The number of fused-ring (bicyclic) bond motifs is 1. The maximum Gasteiger partial charge on any atom is 0.251 e. The summed E-state index contributed by atoms with van der Waals surface area (Å²) >= 11 is 6.68. The summed E-state index contributed by atoms with van der Waals surface area (Å²) < 4.78 is 5.91. The van der Waals surface area contributed by atoms with Gasteiger partial charge in [0.15, 0.2) is 11.5 Å². The molecule has 2 heterocycles. The fraction of sp³-hybridized carbons (Fsp3) is 0.280. The fourth-order valence-corrected chi connectivity index (χ4v) is 4.29. The van der Waals surface area contributed by atoms with Gasteiger partial charge in [0, 0.05) is 27.8 Å². The lowest BCUT2D eigenvalue weighted by molar-refractivity contribution is 0.0951. The van der Waals surface area contributed by atoms with E-state index in [1.54, 1.807) is 13.4 Å². The van der Waals surface area contributed by atoms with Crippen molar-refractivity contribution in [1.29, 1.82) is 0 Å². The van der Waals surface area contributed by atoms with Crippen LogP contribution in [0.5, 0.6) is 5.75 Å². The number of imidazole rings is 1. The van der Waals surface area contributed by atoms with E-state index in [0.29, 0.717) is 33.8 Å².